The first-order valence-electron chi connectivity index (χ1n) is 6.33. The summed E-state index contributed by atoms with van der Waals surface area (Å²) < 4.78 is 0. The molecule has 1 aliphatic heterocycles. The van der Waals surface area contributed by atoms with E-state index in [2.05, 4.69) is 61.7 Å². The fourth-order valence-corrected chi connectivity index (χ4v) is 1.75. The normalized spacial score (nSPS) is 19.5. The smallest absolute Gasteiger partial charge is 0.128 e. The molecule has 1 fully saturated rings. The Labute approximate surface area is 106 Å². The van der Waals surface area contributed by atoms with Gasteiger partial charge < -0.3 is 9.80 Å². The van der Waals surface area contributed by atoms with Gasteiger partial charge in [-0.2, -0.15) is 0 Å². The topological polar surface area (TPSA) is 18.8 Å². The average molecular weight is 235 g/mol. The monoisotopic (exact) mass is 235 g/mol. The van der Waals surface area contributed by atoms with Crippen LogP contribution in [0.5, 0.6) is 0 Å². The first-order chi connectivity index (χ1) is 8.02. The predicted octanol–water partition coefficient (Wildman–Crippen LogP) is 2.52. The van der Waals surface area contributed by atoms with Crippen LogP contribution in [0.4, 0.5) is 0 Å². The summed E-state index contributed by atoms with van der Waals surface area (Å²) in [4.78, 5) is 9.39. The number of hydrogen-bond donors (Lipinski definition) is 0. The minimum atomic E-state index is 1.07. The van der Waals surface area contributed by atoms with E-state index in [-0.39, 0.29) is 0 Å². The van der Waals surface area contributed by atoms with Crippen LogP contribution in [0.3, 0.4) is 0 Å². The highest BCUT2D eigenvalue weighted by molar-refractivity contribution is 5.80. The molecule has 0 unspecified atom stereocenters. The summed E-state index contributed by atoms with van der Waals surface area (Å²) in [6.07, 6.45) is 4.30. The largest absolute Gasteiger partial charge is 0.354 e. The molecule has 0 N–H and O–H groups in total. The standard InChI is InChI=1S/C14H25N3/c1-6-13(4)11-14(15-12(2)3)17-9-7-16(5)8-10-17/h6,11H,7-10H2,1-5H3/b13-6+,14-11+. The minimum absolute atomic E-state index is 1.07. The van der Waals surface area contributed by atoms with Gasteiger partial charge in [-0.05, 0) is 40.8 Å². The van der Waals surface area contributed by atoms with Gasteiger partial charge in [0, 0.05) is 31.9 Å². The van der Waals surface area contributed by atoms with E-state index in [1.165, 1.54) is 5.57 Å². The Morgan fingerprint density at radius 1 is 1.06 bits per heavy atom. The zero-order chi connectivity index (χ0) is 12.8. The van der Waals surface area contributed by atoms with Gasteiger partial charge in [-0.1, -0.05) is 11.6 Å². The SMILES string of the molecule is C/C=C(C)/C=C(\N=C(C)C)N1CCN(C)CC1. The van der Waals surface area contributed by atoms with Crippen molar-refractivity contribution in [3.8, 4) is 0 Å². The van der Waals surface area contributed by atoms with Crippen molar-refractivity contribution in [2.75, 3.05) is 33.2 Å². The quantitative estimate of drug-likeness (QED) is 0.553. The van der Waals surface area contributed by atoms with Gasteiger partial charge >= 0.3 is 0 Å². The van der Waals surface area contributed by atoms with E-state index in [0.29, 0.717) is 0 Å². The third kappa shape index (κ3) is 4.73. The molecule has 0 atom stereocenters. The van der Waals surface area contributed by atoms with Crippen molar-refractivity contribution in [1.82, 2.24) is 9.80 Å². The Balaban J connectivity index is 2.84. The fraction of sp³-hybridized carbons (Fsp3) is 0.643. The van der Waals surface area contributed by atoms with Crippen molar-refractivity contribution < 1.29 is 0 Å². The van der Waals surface area contributed by atoms with Gasteiger partial charge in [-0.3, -0.25) is 0 Å². The van der Waals surface area contributed by atoms with Gasteiger partial charge in [0.1, 0.15) is 5.82 Å². The third-order valence-electron chi connectivity index (χ3n) is 2.98. The number of aliphatic imine (C=N–C) groups is 1. The van der Waals surface area contributed by atoms with Crippen LogP contribution >= 0.6 is 0 Å². The second-order valence-electron chi connectivity index (χ2n) is 4.88. The molecule has 17 heavy (non-hydrogen) atoms. The van der Waals surface area contributed by atoms with Gasteiger partial charge in [0.05, 0.1) is 0 Å². The van der Waals surface area contributed by atoms with Crippen molar-refractivity contribution in [3.63, 3.8) is 0 Å². The molecule has 1 rings (SSSR count). The van der Waals surface area contributed by atoms with Crippen molar-refractivity contribution in [3.05, 3.63) is 23.5 Å². The number of hydrogen-bond acceptors (Lipinski definition) is 3. The molecule has 3 nitrogen and oxygen atoms in total. The van der Waals surface area contributed by atoms with Crippen molar-refractivity contribution in [2.45, 2.75) is 27.7 Å². The number of nitrogens with zero attached hydrogens (tertiary/aromatic N) is 3. The number of allylic oxidation sites excluding steroid dienone is 3. The van der Waals surface area contributed by atoms with Crippen molar-refractivity contribution in [2.24, 2.45) is 4.99 Å². The van der Waals surface area contributed by atoms with Gasteiger partial charge in [-0.15, -0.1) is 0 Å². The van der Waals surface area contributed by atoms with Crippen LogP contribution in [0.15, 0.2) is 28.5 Å². The highest BCUT2D eigenvalue weighted by Crippen LogP contribution is 2.13. The van der Waals surface area contributed by atoms with E-state index in [1.807, 2.05) is 0 Å². The molecule has 0 aliphatic carbocycles. The number of piperazine rings is 1. The highest BCUT2D eigenvalue weighted by atomic mass is 15.3. The summed E-state index contributed by atoms with van der Waals surface area (Å²) >= 11 is 0. The first kappa shape index (κ1) is 14.0. The summed E-state index contributed by atoms with van der Waals surface area (Å²) in [7, 11) is 2.17. The second kappa shape index (κ2) is 6.60. The molecule has 0 amide bonds. The summed E-state index contributed by atoms with van der Waals surface area (Å²) in [5.74, 6) is 1.11. The van der Waals surface area contributed by atoms with E-state index in [4.69, 9.17) is 0 Å². The molecule has 3 heteroatoms. The van der Waals surface area contributed by atoms with E-state index in [0.717, 1.165) is 37.7 Å². The lowest BCUT2D eigenvalue weighted by molar-refractivity contribution is 0.185. The van der Waals surface area contributed by atoms with Crippen LogP contribution in [0.1, 0.15) is 27.7 Å². The van der Waals surface area contributed by atoms with E-state index < -0.39 is 0 Å². The summed E-state index contributed by atoms with van der Waals surface area (Å²) in [5, 5.41) is 0. The molecule has 0 spiro atoms. The minimum Gasteiger partial charge on any atom is -0.354 e. The molecule has 0 aromatic carbocycles. The van der Waals surface area contributed by atoms with E-state index >= 15 is 0 Å². The first-order valence-corrected chi connectivity index (χ1v) is 6.33. The van der Waals surface area contributed by atoms with Crippen LogP contribution in [0.25, 0.3) is 0 Å². The molecule has 0 aromatic heterocycles. The maximum Gasteiger partial charge on any atom is 0.128 e. The third-order valence-corrected chi connectivity index (χ3v) is 2.98. The van der Waals surface area contributed by atoms with Crippen LogP contribution in [0.2, 0.25) is 0 Å². The number of likely N-dealkylation sites (N-methyl/N-ethyl adjacent to an activating group) is 1. The zero-order valence-corrected chi connectivity index (χ0v) is 11.8. The molecule has 0 radical (unpaired) electrons. The van der Waals surface area contributed by atoms with E-state index in [9.17, 15) is 0 Å². The molecule has 0 bridgehead atoms. The summed E-state index contributed by atoms with van der Waals surface area (Å²) in [5.41, 5.74) is 2.38. The Morgan fingerprint density at radius 2 is 1.65 bits per heavy atom. The maximum atomic E-state index is 4.66. The Hall–Kier alpha value is -1.09. The second-order valence-corrected chi connectivity index (χ2v) is 4.88. The summed E-state index contributed by atoms with van der Waals surface area (Å²) in [6, 6.07) is 0. The molecule has 1 saturated heterocycles. The molecule has 0 saturated carbocycles. The zero-order valence-electron chi connectivity index (χ0n) is 11.8. The molecular formula is C14H25N3. The Morgan fingerprint density at radius 3 is 2.12 bits per heavy atom. The van der Waals surface area contributed by atoms with Gasteiger partial charge in [0.15, 0.2) is 0 Å². The van der Waals surface area contributed by atoms with Gasteiger partial charge in [0.2, 0.25) is 0 Å². The van der Waals surface area contributed by atoms with E-state index in [1.54, 1.807) is 0 Å². The Bertz CT molecular complexity index is 327. The lowest BCUT2D eigenvalue weighted by Crippen LogP contribution is -2.43. The van der Waals surface area contributed by atoms with Crippen molar-refractivity contribution >= 4 is 5.71 Å². The summed E-state index contributed by atoms with van der Waals surface area (Å²) in [6.45, 7) is 12.7. The number of rotatable bonds is 3. The van der Waals surface area contributed by atoms with Gasteiger partial charge in [-0.25, -0.2) is 4.99 Å². The molecule has 1 heterocycles. The van der Waals surface area contributed by atoms with Crippen molar-refractivity contribution in [1.29, 1.82) is 0 Å². The molecule has 0 aromatic rings. The van der Waals surface area contributed by atoms with Crippen LogP contribution in [-0.4, -0.2) is 48.7 Å². The Kier molecular flexibility index (Phi) is 5.42. The van der Waals surface area contributed by atoms with Crippen LogP contribution < -0.4 is 0 Å². The van der Waals surface area contributed by atoms with Crippen LogP contribution in [0, 0.1) is 0 Å². The fourth-order valence-electron chi connectivity index (χ4n) is 1.75. The predicted molar refractivity (Wildman–Crippen MR) is 75.4 cm³/mol. The molecule has 1 aliphatic rings. The molecular weight excluding hydrogens is 210 g/mol. The average Bonchev–Trinajstić information content (AvgIpc) is 2.28. The maximum absolute atomic E-state index is 4.66. The highest BCUT2D eigenvalue weighted by Gasteiger charge is 2.15. The lowest BCUT2D eigenvalue weighted by atomic mass is 10.2. The molecule has 96 valence electrons. The lowest BCUT2D eigenvalue weighted by Gasteiger charge is -2.34. The van der Waals surface area contributed by atoms with Crippen LogP contribution in [-0.2, 0) is 0 Å². The van der Waals surface area contributed by atoms with Gasteiger partial charge in [0.25, 0.3) is 0 Å².